The van der Waals surface area contributed by atoms with E-state index in [2.05, 4.69) is 58.1 Å². The predicted molar refractivity (Wildman–Crippen MR) is 81.4 cm³/mol. The molecule has 0 aliphatic carbocycles. The second-order valence-electron chi connectivity index (χ2n) is 5.09. The lowest BCUT2D eigenvalue weighted by molar-refractivity contribution is 0.263. The lowest BCUT2D eigenvalue weighted by Gasteiger charge is -2.24. The monoisotopic (exact) mass is 272 g/mol. The van der Waals surface area contributed by atoms with Gasteiger partial charge in [-0.2, -0.15) is 0 Å². The van der Waals surface area contributed by atoms with Crippen molar-refractivity contribution < 1.29 is 0 Å². The highest BCUT2D eigenvalue weighted by Crippen LogP contribution is 2.19. The number of hydrogen-bond donors (Lipinski definition) is 1. The van der Waals surface area contributed by atoms with Gasteiger partial charge in [0.15, 0.2) is 0 Å². The molecule has 1 aromatic heterocycles. The molecule has 1 atom stereocenters. The number of benzene rings is 1. The van der Waals surface area contributed by atoms with Crippen molar-refractivity contribution in [3.05, 3.63) is 58.3 Å². The summed E-state index contributed by atoms with van der Waals surface area (Å²) in [5.41, 5.74) is 1.40. The van der Waals surface area contributed by atoms with E-state index in [0.717, 1.165) is 19.6 Å². The molecule has 1 aliphatic rings. The van der Waals surface area contributed by atoms with Gasteiger partial charge in [-0.05, 0) is 36.5 Å². The molecule has 0 radical (unpaired) electrons. The third kappa shape index (κ3) is 3.44. The van der Waals surface area contributed by atoms with E-state index in [1.165, 1.54) is 23.4 Å². The first-order valence-electron chi connectivity index (χ1n) is 6.95. The van der Waals surface area contributed by atoms with E-state index in [0.29, 0.717) is 6.04 Å². The standard InChI is InChI=1S/C16H20N2S/c1-2-6-14(7-3-1)16-13-18(10-5-9-17-16)12-15-8-4-11-19-15/h1-4,6-8,11,16-17H,5,9-10,12-13H2. The smallest absolute Gasteiger partial charge is 0.0449 e. The van der Waals surface area contributed by atoms with E-state index in [4.69, 9.17) is 0 Å². The third-order valence-corrected chi connectivity index (χ3v) is 4.51. The molecule has 100 valence electrons. The summed E-state index contributed by atoms with van der Waals surface area (Å²) in [5.74, 6) is 0. The number of hydrogen-bond acceptors (Lipinski definition) is 3. The summed E-state index contributed by atoms with van der Waals surface area (Å²) in [4.78, 5) is 4.04. The van der Waals surface area contributed by atoms with Crippen LogP contribution in [0.15, 0.2) is 47.8 Å². The molecule has 0 spiro atoms. The minimum Gasteiger partial charge on any atom is -0.309 e. The Morgan fingerprint density at radius 2 is 2.05 bits per heavy atom. The van der Waals surface area contributed by atoms with Crippen LogP contribution < -0.4 is 5.32 Å². The van der Waals surface area contributed by atoms with Gasteiger partial charge in [-0.1, -0.05) is 36.4 Å². The molecule has 0 bridgehead atoms. The molecule has 0 saturated carbocycles. The van der Waals surface area contributed by atoms with Crippen molar-refractivity contribution >= 4 is 11.3 Å². The van der Waals surface area contributed by atoms with Gasteiger partial charge in [-0.25, -0.2) is 0 Å². The molecule has 3 heteroatoms. The molecule has 2 heterocycles. The van der Waals surface area contributed by atoms with Crippen LogP contribution in [0.1, 0.15) is 22.9 Å². The molecular formula is C16H20N2S. The fourth-order valence-corrected chi connectivity index (χ4v) is 3.41. The number of thiophene rings is 1. The minimum absolute atomic E-state index is 0.462. The fraction of sp³-hybridized carbons (Fsp3) is 0.375. The van der Waals surface area contributed by atoms with Crippen molar-refractivity contribution in [3.63, 3.8) is 0 Å². The zero-order valence-electron chi connectivity index (χ0n) is 11.1. The Morgan fingerprint density at radius 3 is 2.84 bits per heavy atom. The van der Waals surface area contributed by atoms with Crippen LogP contribution in [0.5, 0.6) is 0 Å². The first kappa shape index (κ1) is 12.9. The molecule has 1 N–H and O–H groups in total. The van der Waals surface area contributed by atoms with Crippen molar-refractivity contribution in [3.8, 4) is 0 Å². The maximum Gasteiger partial charge on any atom is 0.0449 e. The molecule has 2 nitrogen and oxygen atoms in total. The lowest BCUT2D eigenvalue weighted by atomic mass is 10.1. The molecule has 2 aromatic rings. The van der Waals surface area contributed by atoms with Crippen LogP contribution in [0, 0.1) is 0 Å². The van der Waals surface area contributed by atoms with Crippen molar-refractivity contribution in [1.29, 1.82) is 0 Å². The Labute approximate surface area is 119 Å². The summed E-state index contributed by atoms with van der Waals surface area (Å²) in [5, 5.41) is 5.84. The fourth-order valence-electron chi connectivity index (χ4n) is 2.67. The molecule has 0 amide bonds. The SMILES string of the molecule is c1ccc(C2CN(Cc3cccs3)CCCN2)cc1. The van der Waals surface area contributed by atoms with Gasteiger partial charge < -0.3 is 5.32 Å². The van der Waals surface area contributed by atoms with Crippen LogP contribution in [-0.2, 0) is 6.54 Å². The van der Waals surface area contributed by atoms with Crippen LogP contribution in [0.4, 0.5) is 0 Å². The zero-order chi connectivity index (χ0) is 12.9. The van der Waals surface area contributed by atoms with Gasteiger partial charge >= 0.3 is 0 Å². The van der Waals surface area contributed by atoms with E-state index < -0.39 is 0 Å². The molecule has 1 aliphatic heterocycles. The van der Waals surface area contributed by atoms with E-state index in [9.17, 15) is 0 Å². The summed E-state index contributed by atoms with van der Waals surface area (Å²) in [6.07, 6.45) is 1.23. The summed E-state index contributed by atoms with van der Waals surface area (Å²) in [7, 11) is 0. The summed E-state index contributed by atoms with van der Waals surface area (Å²) in [6.45, 7) is 4.49. The van der Waals surface area contributed by atoms with Crippen molar-refractivity contribution in [2.45, 2.75) is 19.0 Å². The molecule has 1 unspecified atom stereocenters. The van der Waals surface area contributed by atoms with E-state index >= 15 is 0 Å². The normalized spacial score (nSPS) is 21.2. The minimum atomic E-state index is 0.462. The predicted octanol–water partition coefficient (Wildman–Crippen LogP) is 3.28. The molecule has 1 saturated heterocycles. The molecule has 1 aromatic carbocycles. The van der Waals surface area contributed by atoms with Crippen LogP contribution >= 0.6 is 11.3 Å². The summed E-state index contributed by atoms with van der Waals surface area (Å²) >= 11 is 1.86. The second kappa shape index (κ2) is 6.33. The highest BCUT2D eigenvalue weighted by Gasteiger charge is 2.19. The summed E-state index contributed by atoms with van der Waals surface area (Å²) in [6, 6.07) is 15.6. The van der Waals surface area contributed by atoms with Crippen LogP contribution in [0.25, 0.3) is 0 Å². The van der Waals surface area contributed by atoms with Gasteiger partial charge in [-0.15, -0.1) is 11.3 Å². The van der Waals surface area contributed by atoms with Crippen LogP contribution in [0.2, 0.25) is 0 Å². The third-order valence-electron chi connectivity index (χ3n) is 3.64. The van der Waals surface area contributed by atoms with E-state index in [1.54, 1.807) is 0 Å². The van der Waals surface area contributed by atoms with Gasteiger partial charge in [-0.3, -0.25) is 4.90 Å². The van der Waals surface area contributed by atoms with Gasteiger partial charge in [0.05, 0.1) is 0 Å². The van der Waals surface area contributed by atoms with Crippen LogP contribution in [-0.4, -0.2) is 24.5 Å². The Hall–Kier alpha value is -1.16. The van der Waals surface area contributed by atoms with E-state index in [1.807, 2.05) is 11.3 Å². The van der Waals surface area contributed by atoms with Gasteiger partial charge in [0.2, 0.25) is 0 Å². The topological polar surface area (TPSA) is 15.3 Å². The highest BCUT2D eigenvalue weighted by molar-refractivity contribution is 7.09. The Bertz CT molecular complexity index is 481. The lowest BCUT2D eigenvalue weighted by Crippen LogP contribution is -2.30. The number of rotatable bonds is 3. The molecule has 19 heavy (non-hydrogen) atoms. The van der Waals surface area contributed by atoms with Crippen molar-refractivity contribution in [2.75, 3.05) is 19.6 Å². The Balaban J connectivity index is 1.69. The van der Waals surface area contributed by atoms with E-state index in [-0.39, 0.29) is 0 Å². The molecular weight excluding hydrogens is 252 g/mol. The molecule has 1 fully saturated rings. The average molecular weight is 272 g/mol. The summed E-state index contributed by atoms with van der Waals surface area (Å²) < 4.78 is 0. The van der Waals surface area contributed by atoms with Gasteiger partial charge in [0.25, 0.3) is 0 Å². The average Bonchev–Trinajstić information content (AvgIpc) is 2.84. The Kier molecular flexibility index (Phi) is 4.28. The van der Waals surface area contributed by atoms with Gasteiger partial charge in [0.1, 0.15) is 0 Å². The molecule has 3 rings (SSSR count). The largest absolute Gasteiger partial charge is 0.309 e. The number of nitrogens with zero attached hydrogens (tertiary/aromatic N) is 1. The van der Waals surface area contributed by atoms with Crippen molar-refractivity contribution in [1.82, 2.24) is 10.2 Å². The maximum atomic E-state index is 3.67. The first-order valence-corrected chi connectivity index (χ1v) is 7.83. The quantitative estimate of drug-likeness (QED) is 0.922. The number of nitrogens with one attached hydrogen (secondary N) is 1. The van der Waals surface area contributed by atoms with Crippen LogP contribution in [0.3, 0.4) is 0 Å². The Morgan fingerprint density at radius 1 is 1.16 bits per heavy atom. The second-order valence-corrected chi connectivity index (χ2v) is 6.12. The zero-order valence-corrected chi connectivity index (χ0v) is 11.9. The van der Waals surface area contributed by atoms with Gasteiger partial charge in [0, 0.05) is 24.0 Å². The first-order chi connectivity index (χ1) is 9.42. The van der Waals surface area contributed by atoms with Crippen molar-refractivity contribution in [2.24, 2.45) is 0 Å². The highest BCUT2D eigenvalue weighted by atomic mass is 32.1. The maximum absolute atomic E-state index is 3.67.